The van der Waals surface area contributed by atoms with Crippen molar-refractivity contribution in [2.45, 2.75) is 18.8 Å². The van der Waals surface area contributed by atoms with Crippen LogP contribution in [0, 0.1) is 11.6 Å². The molecule has 0 aliphatic heterocycles. The van der Waals surface area contributed by atoms with Gasteiger partial charge in [-0.05, 0) is 37.1 Å². The van der Waals surface area contributed by atoms with Crippen molar-refractivity contribution < 1.29 is 13.5 Å². The molecule has 1 saturated carbocycles. The summed E-state index contributed by atoms with van der Waals surface area (Å²) < 4.78 is 34.2. The maximum Gasteiger partial charge on any atom is 0.171 e. The largest absolute Gasteiger partial charge is 0.456 e. The van der Waals surface area contributed by atoms with Crippen LogP contribution >= 0.6 is 0 Å². The number of rotatable bonds is 4. The molecule has 120 valence electrons. The minimum Gasteiger partial charge on any atom is -0.456 e. The van der Waals surface area contributed by atoms with Crippen LogP contribution in [0.3, 0.4) is 0 Å². The van der Waals surface area contributed by atoms with Gasteiger partial charge < -0.3 is 4.74 Å². The Morgan fingerprint density at radius 1 is 1.08 bits per heavy atom. The third kappa shape index (κ3) is 2.44. The molecular weight excluding hydrogens is 308 g/mol. The molecule has 0 unspecified atom stereocenters. The summed E-state index contributed by atoms with van der Waals surface area (Å²) in [7, 11) is 0. The maximum atomic E-state index is 14.5. The molecule has 1 aliphatic rings. The Morgan fingerprint density at radius 3 is 2.50 bits per heavy atom. The first kappa shape index (κ1) is 14.8. The summed E-state index contributed by atoms with van der Waals surface area (Å²) >= 11 is 0. The van der Waals surface area contributed by atoms with Crippen LogP contribution in [0.1, 0.15) is 30.0 Å². The number of hydrogen-bond acceptors (Lipinski definition) is 2. The molecule has 1 aliphatic carbocycles. The number of para-hydroxylation sites is 1. The quantitative estimate of drug-likeness (QED) is 0.603. The predicted octanol–water partition coefficient (Wildman–Crippen LogP) is 5.83. The third-order valence-corrected chi connectivity index (χ3v) is 4.19. The van der Waals surface area contributed by atoms with Crippen LogP contribution in [0.5, 0.6) is 11.5 Å². The second-order valence-electron chi connectivity index (χ2n) is 5.89. The summed E-state index contributed by atoms with van der Waals surface area (Å²) in [5.74, 6) is -0.708. The molecule has 4 rings (SSSR count). The third-order valence-electron chi connectivity index (χ3n) is 4.19. The van der Waals surface area contributed by atoms with Gasteiger partial charge in [0.25, 0.3) is 0 Å². The molecule has 0 radical (unpaired) electrons. The van der Waals surface area contributed by atoms with Crippen LogP contribution in [0.25, 0.3) is 17.0 Å². The van der Waals surface area contributed by atoms with E-state index in [9.17, 15) is 8.78 Å². The fourth-order valence-corrected chi connectivity index (χ4v) is 2.87. The Labute approximate surface area is 138 Å². The highest BCUT2D eigenvalue weighted by molar-refractivity contribution is 5.90. The van der Waals surface area contributed by atoms with E-state index in [4.69, 9.17) is 4.74 Å². The van der Waals surface area contributed by atoms with Gasteiger partial charge >= 0.3 is 0 Å². The molecule has 2 aromatic carbocycles. The van der Waals surface area contributed by atoms with Crippen LogP contribution in [-0.4, -0.2) is 4.98 Å². The summed E-state index contributed by atoms with van der Waals surface area (Å²) in [6.45, 7) is 3.83. The molecule has 3 aromatic rings. The number of ether oxygens (including phenoxy) is 1. The summed E-state index contributed by atoms with van der Waals surface area (Å²) in [4.78, 5) is 4.55. The lowest BCUT2D eigenvalue weighted by molar-refractivity contribution is 0.476. The number of nitrogens with zero attached hydrogens (tertiary/aromatic N) is 1. The van der Waals surface area contributed by atoms with E-state index in [2.05, 4.69) is 11.6 Å². The Morgan fingerprint density at radius 2 is 1.83 bits per heavy atom. The zero-order valence-electron chi connectivity index (χ0n) is 12.9. The lowest BCUT2D eigenvalue weighted by atomic mass is 10.0. The van der Waals surface area contributed by atoms with E-state index in [1.807, 2.05) is 18.2 Å². The minimum atomic E-state index is -0.948. The van der Waals surface area contributed by atoms with Crippen molar-refractivity contribution in [1.29, 1.82) is 0 Å². The van der Waals surface area contributed by atoms with Gasteiger partial charge in [0.2, 0.25) is 0 Å². The van der Waals surface area contributed by atoms with Gasteiger partial charge in [0.05, 0.1) is 16.6 Å². The van der Waals surface area contributed by atoms with Crippen molar-refractivity contribution in [2.24, 2.45) is 0 Å². The molecule has 0 bridgehead atoms. The van der Waals surface area contributed by atoms with Crippen molar-refractivity contribution in [2.75, 3.05) is 0 Å². The van der Waals surface area contributed by atoms with Gasteiger partial charge in [-0.2, -0.15) is 0 Å². The van der Waals surface area contributed by atoms with Crippen LogP contribution in [0.15, 0.2) is 49.0 Å². The van der Waals surface area contributed by atoms with E-state index in [0.29, 0.717) is 22.7 Å². The van der Waals surface area contributed by atoms with Crippen molar-refractivity contribution >= 4 is 17.0 Å². The van der Waals surface area contributed by atoms with Gasteiger partial charge in [-0.15, -0.1) is 0 Å². The molecule has 4 heteroatoms. The van der Waals surface area contributed by atoms with Crippen molar-refractivity contribution in [3.63, 3.8) is 0 Å². The Hall–Kier alpha value is -2.75. The molecule has 0 saturated heterocycles. The number of hydrogen-bond donors (Lipinski definition) is 0. The fourth-order valence-electron chi connectivity index (χ4n) is 2.87. The molecular formula is C20H15F2NO. The van der Waals surface area contributed by atoms with E-state index in [-0.39, 0.29) is 11.1 Å². The summed E-state index contributed by atoms with van der Waals surface area (Å²) in [5, 5.41) is 0.0538. The highest BCUT2D eigenvalue weighted by Gasteiger charge is 2.30. The maximum absolute atomic E-state index is 14.5. The molecule has 1 fully saturated rings. The van der Waals surface area contributed by atoms with Gasteiger partial charge in [0, 0.05) is 11.5 Å². The fraction of sp³-hybridized carbons (Fsp3) is 0.150. The first-order valence-electron chi connectivity index (χ1n) is 7.86. The highest BCUT2D eigenvalue weighted by atomic mass is 19.2. The molecule has 0 N–H and O–H groups in total. The molecule has 24 heavy (non-hydrogen) atoms. The van der Waals surface area contributed by atoms with Gasteiger partial charge in [-0.25, -0.2) is 8.78 Å². The molecule has 0 spiro atoms. The Kier molecular flexibility index (Phi) is 3.53. The Balaban J connectivity index is 2.02. The van der Waals surface area contributed by atoms with Gasteiger partial charge in [-0.1, -0.05) is 30.9 Å². The highest BCUT2D eigenvalue weighted by Crippen LogP contribution is 2.46. The lowest BCUT2D eigenvalue weighted by Crippen LogP contribution is -2.01. The van der Waals surface area contributed by atoms with Crippen LogP contribution in [0.4, 0.5) is 8.78 Å². The second-order valence-corrected chi connectivity index (χ2v) is 5.89. The second kappa shape index (κ2) is 5.71. The van der Waals surface area contributed by atoms with Crippen molar-refractivity contribution in [3.05, 3.63) is 71.9 Å². The van der Waals surface area contributed by atoms with E-state index in [1.54, 1.807) is 18.2 Å². The average molecular weight is 323 g/mol. The van der Waals surface area contributed by atoms with E-state index in [1.165, 1.54) is 6.07 Å². The summed E-state index contributed by atoms with van der Waals surface area (Å²) in [6, 6.07) is 11.6. The molecule has 0 amide bonds. The molecule has 0 atom stereocenters. The summed E-state index contributed by atoms with van der Waals surface area (Å²) in [5.41, 5.74) is 1.88. The first-order valence-corrected chi connectivity index (χ1v) is 7.86. The number of fused-ring (bicyclic) bond motifs is 1. The van der Waals surface area contributed by atoms with E-state index < -0.39 is 11.6 Å². The number of pyridine rings is 1. The van der Waals surface area contributed by atoms with Gasteiger partial charge in [0.1, 0.15) is 11.5 Å². The average Bonchev–Trinajstić information content (AvgIpc) is 3.43. The topological polar surface area (TPSA) is 22.1 Å². The smallest absolute Gasteiger partial charge is 0.171 e. The van der Waals surface area contributed by atoms with Crippen molar-refractivity contribution in [3.8, 4) is 11.5 Å². The molecule has 1 heterocycles. The summed E-state index contributed by atoms with van der Waals surface area (Å²) in [6.07, 6.45) is 3.68. The van der Waals surface area contributed by atoms with Gasteiger partial charge in [0.15, 0.2) is 11.6 Å². The Bertz CT molecular complexity index is 934. The molecule has 1 aromatic heterocycles. The zero-order valence-corrected chi connectivity index (χ0v) is 12.9. The number of benzene rings is 2. The van der Waals surface area contributed by atoms with E-state index in [0.717, 1.165) is 24.6 Å². The lowest BCUT2D eigenvalue weighted by Gasteiger charge is -2.16. The first-order chi connectivity index (χ1) is 11.7. The van der Waals surface area contributed by atoms with Gasteiger partial charge in [-0.3, -0.25) is 4.98 Å². The zero-order chi connectivity index (χ0) is 16.7. The van der Waals surface area contributed by atoms with Crippen LogP contribution in [-0.2, 0) is 0 Å². The SMILES string of the molecule is C=Cc1c(C2CC2)nc2ccc(F)c(F)c2c1Oc1ccccc1. The van der Waals surface area contributed by atoms with Crippen molar-refractivity contribution in [1.82, 2.24) is 4.98 Å². The monoisotopic (exact) mass is 323 g/mol. The van der Waals surface area contributed by atoms with Crippen LogP contribution < -0.4 is 4.74 Å². The minimum absolute atomic E-state index is 0.0538. The number of aromatic nitrogens is 1. The normalized spacial score (nSPS) is 13.9. The standard InChI is InChI=1S/C20H15F2NO/c1-2-14-19(12-8-9-12)23-16-11-10-15(21)18(22)17(16)20(14)24-13-6-4-3-5-7-13/h2-7,10-12H,1,8-9H2. The van der Waals surface area contributed by atoms with Crippen LogP contribution in [0.2, 0.25) is 0 Å². The number of halogens is 2. The molecule has 2 nitrogen and oxygen atoms in total. The predicted molar refractivity (Wildman–Crippen MR) is 90.2 cm³/mol. The van der Waals surface area contributed by atoms with E-state index >= 15 is 0 Å².